The van der Waals surface area contributed by atoms with Crippen LogP contribution in [0.3, 0.4) is 0 Å². The molecular weight excluding hydrogens is 392 g/mol. The molecule has 158 valence electrons. The molecule has 0 saturated heterocycles. The standard InChI is InChI=1S/C25H30N2O2S/c1-5-25(3,4)20-13-15-21(16-14-20)29-17-9-12-22(28)26-24-27-23(18(2)30-24)19-10-7-6-8-11-19/h6-8,10-11,13-16H,5,9,12,17H2,1-4H3,(H,26,27,28). The fourth-order valence-electron chi connectivity index (χ4n) is 3.12. The first-order chi connectivity index (χ1) is 14.4. The fourth-order valence-corrected chi connectivity index (χ4v) is 3.98. The highest BCUT2D eigenvalue weighted by atomic mass is 32.1. The summed E-state index contributed by atoms with van der Waals surface area (Å²) in [5.41, 5.74) is 3.47. The van der Waals surface area contributed by atoms with E-state index in [9.17, 15) is 4.79 Å². The Labute approximate surface area is 183 Å². The van der Waals surface area contributed by atoms with Gasteiger partial charge >= 0.3 is 0 Å². The predicted octanol–water partition coefficient (Wildman–Crippen LogP) is 6.60. The van der Waals surface area contributed by atoms with E-state index in [0.29, 0.717) is 24.6 Å². The van der Waals surface area contributed by atoms with Crippen LogP contribution in [0.5, 0.6) is 5.75 Å². The van der Waals surface area contributed by atoms with Gasteiger partial charge in [0.1, 0.15) is 5.75 Å². The molecule has 2 aromatic carbocycles. The minimum atomic E-state index is -0.0352. The molecule has 0 aliphatic carbocycles. The van der Waals surface area contributed by atoms with Gasteiger partial charge in [-0.25, -0.2) is 4.98 Å². The summed E-state index contributed by atoms with van der Waals surface area (Å²) in [6.07, 6.45) is 2.15. The Balaban J connectivity index is 1.45. The lowest BCUT2D eigenvalue weighted by molar-refractivity contribution is -0.116. The number of aryl methyl sites for hydroxylation is 1. The van der Waals surface area contributed by atoms with Crippen LogP contribution in [-0.2, 0) is 10.2 Å². The van der Waals surface area contributed by atoms with Gasteiger partial charge < -0.3 is 10.1 Å². The third-order valence-corrected chi connectivity index (χ3v) is 6.31. The number of nitrogens with one attached hydrogen (secondary N) is 1. The van der Waals surface area contributed by atoms with Crippen LogP contribution >= 0.6 is 11.3 Å². The Morgan fingerprint density at radius 3 is 2.47 bits per heavy atom. The van der Waals surface area contributed by atoms with Crippen LogP contribution in [0.25, 0.3) is 11.3 Å². The SMILES string of the molecule is CCC(C)(C)c1ccc(OCCCC(=O)Nc2nc(-c3ccccc3)c(C)s2)cc1. The van der Waals surface area contributed by atoms with E-state index in [0.717, 1.165) is 28.3 Å². The van der Waals surface area contributed by atoms with E-state index >= 15 is 0 Å². The van der Waals surface area contributed by atoms with Gasteiger partial charge in [0.2, 0.25) is 5.91 Å². The van der Waals surface area contributed by atoms with Gasteiger partial charge in [0.05, 0.1) is 12.3 Å². The number of aromatic nitrogens is 1. The number of anilines is 1. The van der Waals surface area contributed by atoms with Gasteiger partial charge in [-0.15, -0.1) is 11.3 Å². The summed E-state index contributed by atoms with van der Waals surface area (Å²) >= 11 is 1.50. The van der Waals surface area contributed by atoms with Crippen LogP contribution in [0, 0.1) is 6.92 Å². The topological polar surface area (TPSA) is 51.2 Å². The van der Waals surface area contributed by atoms with Crippen LogP contribution < -0.4 is 10.1 Å². The molecule has 0 aliphatic rings. The number of amides is 1. The normalized spacial score (nSPS) is 11.3. The zero-order valence-electron chi connectivity index (χ0n) is 18.2. The van der Waals surface area contributed by atoms with Crippen molar-refractivity contribution in [2.24, 2.45) is 0 Å². The average Bonchev–Trinajstić information content (AvgIpc) is 3.12. The number of nitrogens with zero attached hydrogens (tertiary/aromatic N) is 1. The molecule has 1 heterocycles. The third-order valence-electron chi connectivity index (χ3n) is 5.43. The van der Waals surface area contributed by atoms with Crippen molar-refractivity contribution >= 4 is 22.4 Å². The van der Waals surface area contributed by atoms with Crippen molar-refractivity contribution in [3.8, 4) is 17.0 Å². The predicted molar refractivity (Wildman–Crippen MR) is 125 cm³/mol. The maximum Gasteiger partial charge on any atom is 0.226 e. The van der Waals surface area contributed by atoms with Gasteiger partial charge in [-0.3, -0.25) is 4.79 Å². The minimum absolute atomic E-state index is 0.0352. The molecule has 3 rings (SSSR count). The molecule has 30 heavy (non-hydrogen) atoms. The second-order valence-corrected chi connectivity index (χ2v) is 9.26. The number of carbonyl (C=O) groups excluding carboxylic acids is 1. The molecule has 1 aromatic heterocycles. The van der Waals surface area contributed by atoms with Crippen molar-refractivity contribution in [1.82, 2.24) is 4.98 Å². The van der Waals surface area contributed by atoms with Crippen LogP contribution in [0.2, 0.25) is 0 Å². The van der Waals surface area contributed by atoms with Crippen molar-refractivity contribution in [3.05, 3.63) is 65.0 Å². The molecule has 1 amide bonds. The van der Waals surface area contributed by atoms with Crippen molar-refractivity contribution in [1.29, 1.82) is 0 Å². The van der Waals surface area contributed by atoms with Gasteiger partial charge in [0.15, 0.2) is 5.13 Å². The van der Waals surface area contributed by atoms with Gasteiger partial charge in [0.25, 0.3) is 0 Å². The maximum absolute atomic E-state index is 12.3. The smallest absolute Gasteiger partial charge is 0.226 e. The summed E-state index contributed by atoms with van der Waals surface area (Å²) in [6.45, 7) is 9.22. The highest BCUT2D eigenvalue weighted by Crippen LogP contribution is 2.30. The largest absolute Gasteiger partial charge is 0.494 e. The van der Waals surface area contributed by atoms with E-state index in [-0.39, 0.29) is 11.3 Å². The first kappa shape index (κ1) is 22.0. The number of ether oxygens (including phenoxy) is 1. The molecule has 0 aliphatic heterocycles. The molecule has 5 heteroatoms. The summed E-state index contributed by atoms with van der Waals surface area (Å²) in [4.78, 5) is 17.9. The fraction of sp³-hybridized carbons (Fsp3) is 0.360. The summed E-state index contributed by atoms with van der Waals surface area (Å²) in [5, 5.41) is 3.56. The van der Waals surface area contributed by atoms with Crippen molar-refractivity contribution < 1.29 is 9.53 Å². The van der Waals surface area contributed by atoms with E-state index in [1.807, 2.05) is 49.4 Å². The van der Waals surface area contributed by atoms with E-state index in [2.05, 4.69) is 43.2 Å². The number of benzene rings is 2. The van der Waals surface area contributed by atoms with Crippen LogP contribution in [0.4, 0.5) is 5.13 Å². The van der Waals surface area contributed by atoms with E-state index < -0.39 is 0 Å². The quantitative estimate of drug-likeness (QED) is 0.395. The second kappa shape index (κ2) is 9.90. The summed E-state index contributed by atoms with van der Waals surface area (Å²) in [6, 6.07) is 18.3. The van der Waals surface area contributed by atoms with Gasteiger partial charge in [-0.05, 0) is 42.9 Å². The number of thiazole rings is 1. The highest BCUT2D eigenvalue weighted by Gasteiger charge is 2.17. The van der Waals surface area contributed by atoms with E-state index in [1.165, 1.54) is 16.9 Å². The number of carbonyl (C=O) groups is 1. The van der Waals surface area contributed by atoms with Crippen molar-refractivity contribution in [3.63, 3.8) is 0 Å². The Morgan fingerprint density at radius 2 is 1.80 bits per heavy atom. The lowest BCUT2D eigenvalue weighted by Crippen LogP contribution is -2.15. The van der Waals surface area contributed by atoms with Gasteiger partial charge in [0, 0.05) is 16.9 Å². The first-order valence-electron chi connectivity index (χ1n) is 10.4. The Hall–Kier alpha value is -2.66. The molecule has 4 nitrogen and oxygen atoms in total. The van der Waals surface area contributed by atoms with Crippen LogP contribution in [-0.4, -0.2) is 17.5 Å². The lowest BCUT2D eigenvalue weighted by Gasteiger charge is -2.23. The molecule has 0 spiro atoms. The van der Waals surface area contributed by atoms with Crippen molar-refractivity contribution in [2.45, 2.75) is 52.4 Å². The molecule has 0 bridgehead atoms. The number of rotatable bonds is 9. The molecule has 0 unspecified atom stereocenters. The number of hydrogen-bond acceptors (Lipinski definition) is 4. The lowest BCUT2D eigenvalue weighted by atomic mass is 9.82. The van der Waals surface area contributed by atoms with E-state index in [4.69, 9.17) is 4.74 Å². The monoisotopic (exact) mass is 422 g/mol. The summed E-state index contributed by atoms with van der Waals surface area (Å²) in [7, 11) is 0. The molecule has 0 radical (unpaired) electrons. The van der Waals surface area contributed by atoms with Gasteiger partial charge in [-0.2, -0.15) is 0 Å². The Bertz CT molecular complexity index is 963. The molecular formula is C25H30N2O2S. The first-order valence-corrected chi connectivity index (χ1v) is 11.3. The van der Waals surface area contributed by atoms with Crippen LogP contribution in [0.1, 0.15) is 50.5 Å². The Morgan fingerprint density at radius 1 is 1.10 bits per heavy atom. The summed E-state index contributed by atoms with van der Waals surface area (Å²) < 4.78 is 5.80. The van der Waals surface area contributed by atoms with Crippen molar-refractivity contribution in [2.75, 3.05) is 11.9 Å². The maximum atomic E-state index is 12.3. The molecule has 0 fully saturated rings. The zero-order chi connectivity index (χ0) is 21.6. The molecule has 0 saturated carbocycles. The third kappa shape index (κ3) is 5.70. The average molecular weight is 423 g/mol. The Kier molecular flexibility index (Phi) is 7.27. The van der Waals surface area contributed by atoms with Crippen LogP contribution in [0.15, 0.2) is 54.6 Å². The minimum Gasteiger partial charge on any atom is -0.494 e. The molecule has 3 aromatic rings. The summed E-state index contributed by atoms with van der Waals surface area (Å²) in [5.74, 6) is 0.807. The van der Waals surface area contributed by atoms with E-state index in [1.54, 1.807) is 0 Å². The molecule has 1 N–H and O–H groups in total. The second-order valence-electron chi connectivity index (χ2n) is 8.05. The number of hydrogen-bond donors (Lipinski definition) is 1. The zero-order valence-corrected chi connectivity index (χ0v) is 19.0. The molecule has 0 atom stereocenters. The highest BCUT2D eigenvalue weighted by molar-refractivity contribution is 7.16. The van der Waals surface area contributed by atoms with Gasteiger partial charge in [-0.1, -0.05) is 63.2 Å².